The minimum Gasteiger partial charge on any atom is -0.426 e. The number of nitrogens with zero attached hydrogens (tertiary/aromatic N) is 3. The van der Waals surface area contributed by atoms with Crippen molar-refractivity contribution in [3.8, 4) is 5.75 Å². The highest BCUT2D eigenvalue weighted by atomic mass is 16.6. The molecular formula is C27H21N3O7. The summed E-state index contributed by atoms with van der Waals surface area (Å²) in [6, 6.07) is 15.8. The van der Waals surface area contributed by atoms with Gasteiger partial charge in [0.2, 0.25) is 5.91 Å². The number of aryl methyl sites for hydroxylation is 2. The lowest BCUT2D eigenvalue weighted by molar-refractivity contribution is -0.385. The molecule has 10 heteroatoms. The highest BCUT2D eigenvalue weighted by Gasteiger charge is 2.42. The Morgan fingerprint density at radius 3 is 2.46 bits per heavy atom. The number of imide groups is 1. The maximum absolute atomic E-state index is 13.0. The molecule has 3 aromatic rings. The first-order valence-electron chi connectivity index (χ1n) is 11.5. The molecule has 0 spiro atoms. The van der Waals surface area contributed by atoms with E-state index in [1.165, 1.54) is 36.4 Å². The molecule has 0 saturated carbocycles. The Balaban J connectivity index is 1.33. The minimum atomic E-state index is -0.791. The zero-order chi connectivity index (χ0) is 26.4. The smallest absolute Gasteiger partial charge is 0.316 e. The number of amides is 3. The van der Waals surface area contributed by atoms with Crippen molar-refractivity contribution in [2.45, 2.75) is 20.3 Å². The van der Waals surface area contributed by atoms with E-state index >= 15 is 0 Å². The Labute approximate surface area is 211 Å². The van der Waals surface area contributed by atoms with Crippen molar-refractivity contribution in [2.24, 2.45) is 5.92 Å². The summed E-state index contributed by atoms with van der Waals surface area (Å²) >= 11 is 0. The van der Waals surface area contributed by atoms with Gasteiger partial charge in [0.25, 0.3) is 17.5 Å². The lowest BCUT2D eigenvalue weighted by Crippen LogP contribution is -2.30. The van der Waals surface area contributed by atoms with Crippen molar-refractivity contribution in [2.75, 3.05) is 16.3 Å². The van der Waals surface area contributed by atoms with Crippen LogP contribution in [0.1, 0.15) is 38.3 Å². The fraction of sp³-hybridized carbons (Fsp3) is 0.185. The van der Waals surface area contributed by atoms with E-state index in [0.29, 0.717) is 5.56 Å². The number of esters is 1. The molecule has 186 valence electrons. The van der Waals surface area contributed by atoms with Crippen LogP contribution in [0, 0.1) is 29.9 Å². The summed E-state index contributed by atoms with van der Waals surface area (Å²) in [4.78, 5) is 64.4. The number of benzene rings is 3. The van der Waals surface area contributed by atoms with Crippen molar-refractivity contribution in [1.82, 2.24) is 0 Å². The number of rotatable bonds is 5. The van der Waals surface area contributed by atoms with Crippen molar-refractivity contribution in [3.05, 3.63) is 93.0 Å². The molecule has 0 N–H and O–H groups in total. The van der Waals surface area contributed by atoms with Gasteiger partial charge >= 0.3 is 5.97 Å². The molecule has 0 aromatic heterocycles. The third-order valence-electron chi connectivity index (χ3n) is 6.49. The molecule has 2 aliphatic heterocycles. The Kier molecular flexibility index (Phi) is 5.79. The molecule has 0 radical (unpaired) electrons. The summed E-state index contributed by atoms with van der Waals surface area (Å²) in [5.74, 6) is -2.65. The highest BCUT2D eigenvalue weighted by molar-refractivity contribution is 6.35. The van der Waals surface area contributed by atoms with Crippen LogP contribution >= 0.6 is 0 Å². The van der Waals surface area contributed by atoms with E-state index in [2.05, 4.69) is 0 Å². The molecule has 10 nitrogen and oxygen atoms in total. The van der Waals surface area contributed by atoms with Crippen LogP contribution in [0.2, 0.25) is 0 Å². The van der Waals surface area contributed by atoms with E-state index in [9.17, 15) is 29.3 Å². The van der Waals surface area contributed by atoms with Crippen molar-refractivity contribution in [3.63, 3.8) is 0 Å². The molecule has 3 amide bonds. The summed E-state index contributed by atoms with van der Waals surface area (Å²) in [5.41, 5.74) is 1.66. The second-order valence-corrected chi connectivity index (χ2v) is 9.02. The third-order valence-corrected chi connectivity index (χ3v) is 6.49. The monoisotopic (exact) mass is 499 g/mol. The van der Waals surface area contributed by atoms with Gasteiger partial charge in [0.05, 0.1) is 22.1 Å². The van der Waals surface area contributed by atoms with Crippen LogP contribution in [0.5, 0.6) is 5.75 Å². The standard InChI is InChI=1S/C27H21N3O7/c1-15-5-3-6-18(11-15)28-14-17(13-23(28)31)27(34)37-19-9-10-21(16(2)12-19)29-25(32)20-7-4-8-22(30(35)36)24(20)26(29)33/h3-12,17H,13-14H2,1-2H3/t17-/m0/s1. The summed E-state index contributed by atoms with van der Waals surface area (Å²) in [5, 5.41) is 11.4. The number of carbonyl (C=O) groups excluding carboxylic acids is 4. The zero-order valence-electron chi connectivity index (χ0n) is 20.0. The fourth-order valence-electron chi connectivity index (χ4n) is 4.69. The van der Waals surface area contributed by atoms with Crippen LogP contribution in [-0.4, -0.2) is 35.2 Å². The van der Waals surface area contributed by atoms with Crippen molar-refractivity contribution in [1.29, 1.82) is 0 Å². The zero-order valence-corrected chi connectivity index (χ0v) is 20.0. The lowest BCUT2D eigenvalue weighted by atomic mass is 10.1. The third kappa shape index (κ3) is 4.12. The van der Waals surface area contributed by atoms with Gasteiger partial charge in [-0.1, -0.05) is 18.2 Å². The molecular weight excluding hydrogens is 478 g/mol. The number of anilines is 2. The number of fused-ring (bicyclic) bond motifs is 1. The average Bonchev–Trinajstić information content (AvgIpc) is 3.37. The molecule has 0 bridgehead atoms. The molecule has 1 saturated heterocycles. The molecule has 1 fully saturated rings. The molecule has 3 aromatic carbocycles. The highest BCUT2D eigenvalue weighted by Crippen LogP contribution is 2.36. The van der Waals surface area contributed by atoms with E-state index in [0.717, 1.165) is 16.2 Å². The summed E-state index contributed by atoms with van der Waals surface area (Å²) in [6.07, 6.45) is 0.0255. The van der Waals surface area contributed by atoms with Gasteiger partial charge in [-0.25, -0.2) is 4.90 Å². The van der Waals surface area contributed by atoms with Crippen LogP contribution in [-0.2, 0) is 9.59 Å². The van der Waals surface area contributed by atoms with Crippen LogP contribution in [0.3, 0.4) is 0 Å². The van der Waals surface area contributed by atoms with Gasteiger partial charge < -0.3 is 9.64 Å². The Morgan fingerprint density at radius 2 is 1.76 bits per heavy atom. The van der Waals surface area contributed by atoms with Crippen molar-refractivity contribution >= 4 is 40.8 Å². The number of ether oxygens (including phenoxy) is 1. The summed E-state index contributed by atoms with van der Waals surface area (Å²) < 4.78 is 5.52. The van der Waals surface area contributed by atoms with E-state index < -0.39 is 34.3 Å². The molecule has 1 atom stereocenters. The second-order valence-electron chi connectivity index (χ2n) is 9.02. The predicted octanol–water partition coefficient (Wildman–Crippen LogP) is 3.97. The van der Waals surface area contributed by atoms with Gasteiger partial charge in [0, 0.05) is 24.7 Å². The quantitative estimate of drug-likeness (QED) is 0.171. The Bertz CT molecular complexity index is 1510. The van der Waals surface area contributed by atoms with Gasteiger partial charge in [-0.05, 0) is 61.4 Å². The van der Waals surface area contributed by atoms with Crippen LogP contribution in [0.15, 0.2) is 60.7 Å². The molecule has 2 heterocycles. The summed E-state index contributed by atoms with van der Waals surface area (Å²) in [7, 11) is 0. The Hall–Kier alpha value is -4.86. The number of hydrogen-bond acceptors (Lipinski definition) is 7. The van der Waals surface area contributed by atoms with E-state index in [-0.39, 0.29) is 41.4 Å². The van der Waals surface area contributed by atoms with Gasteiger partial charge in [0.15, 0.2) is 0 Å². The predicted molar refractivity (Wildman–Crippen MR) is 133 cm³/mol. The first-order valence-corrected chi connectivity index (χ1v) is 11.5. The SMILES string of the molecule is Cc1cccc(N2C[C@@H](C(=O)Oc3ccc(N4C(=O)c5cccc([N+](=O)[O-])c5C4=O)c(C)c3)CC2=O)c1. The molecule has 37 heavy (non-hydrogen) atoms. The Morgan fingerprint density at radius 1 is 1.00 bits per heavy atom. The van der Waals surface area contributed by atoms with Crippen molar-refractivity contribution < 1.29 is 28.8 Å². The largest absolute Gasteiger partial charge is 0.426 e. The number of carbonyl (C=O) groups is 4. The van der Waals surface area contributed by atoms with E-state index in [1.54, 1.807) is 11.8 Å². The lowest BCUT2D eigenvalue weighted by Gasteiger charge is -2.18. The van der Waals surface area contributed by atoms with E-state index in [4.69, 9.17) is 4.74 Å². The van der Waals surface area contributed by atoms with E-state index in [1.807, 2.05) is 31.2 Å². The number of nitro benzene ring substituents is 1. The number of hydrogen-bond donors (Lipinski definition) is 0. The van der Waals surface area contributed by atoms with Gasteiger partial charge in [0.1, 0.15) is 11.3 Å². The van der Waals surface area contributed by atoms with Crippen LogP contribution in [0.25, 0.3) is 0 Å². The summed E-state index contributed by atoms with van der Waals surface area (Å²) in [6.45, 7) is 3.75. The topological polar surface area (TPSA) is 127 Å². The van der Waals surface area contributed by atoms with Gasteiger partial charge in [-0.15, -0.1) is 0 Å². The minimum absolute atomic E-state index is 0.0255. The first-order chi connectivity index (χ1) is 17.7. The molecule has 2 aliphatic rings. The van der Waals surface area contributed by atoms with Crippen LogP contribution in [0.4, 0.5) is 17.1 Å². The maximum Gasteiger partial charge on any atom is 0.316 e. The number of nitro groups is 1. The fourth-order valence-corrected chi connectivity index (χ4v) is 4.69. The van der Waals surface area contributed by atoms with Crippen LogP contribution < -0.4 is 14.5 Å². The maximum atomic E-state index is 13.0. The normalized spacial score (nSPS) is 16.8. The molecule has 5 rings (SSSR count). The van der Waals surface area contributed by atoms with Gasteiger partial charge in [-0.3, -0.25) is 29.3 Å². The molecule has 0 aliphatic carbocycles. The average molecular weight is 499 g/mol. The second kappa shape index (κ2) is 8.98. The molecule has 0 unspecified atom stereocenters. The first kappa shape index (κ1) is 23.9. The van der Waals surface area contributed by atoms with Gasteiger partial charge in [-0.2, -0.15) is 0 Å².